The highest BCUT2D eigenvalue weighted by Gasteiger charge is 2.33. The van der Waals surface area contributed by atoms with E-state index in [-0.39, 0.29) is 5.60 Å². The van der Waals surface area contributed by atoms with Crippen molar-refractivity contribution in [2.45, 2.75) is 37.9 Å². The second-order valence-corrected chi connectivity index (χ2v) is 4.88. The largest absolute Gasteiger partial charge is 0.369 e. The molecular formula is C13H18ClNO. The molecule has 0 unspecified atom stereocenters. The Morgan fingerprint density at radius 3 is 2.56 bits per heavy atom. The van der Waals surface area contributed by atoms with Crippen LogP contribution in [-0.2, 0) is 11.3 Å². The summed E-state index contributed by atoms with van der Waals surface area (Å²) >= 11 is 6.09. The van der Waals surface area contributed by atoms with Gasteiger partial charge in [0.05, 0.1) is 12.2 Å². The van der Waals surface area contributed by atoms with E-state index in [1.165, 1.54) is 12.8 Å². The molecule has 2 N–H and O–H groups in total. The maximum Gasteiger partial charge on any atom is 0.0808 e. The first-order valence-electron chi connectivity index (χ1n) is 5.83. The maximum absolute atomic E-state index is 6.09. The normalized spacial score (nSPS) is 18.9. The van der Waals surface area contributed by atoms with Crippen LogP contribution in [0.25, 0.3) is 0 Å². The lowest BCUT2D eigenvalue weighted by Gasteiger charge is -2.27. The molecule has 2 nitrogen and oxygen atoms in total. The molecule has 0 aromatic heterocycles. The number of ether oxygens (including phenoxy) is 1. The predicted molar refractivity (Wildman–Crippen MR) is 66.5 cm³/mol. The molecule has 1 aromatic rings. The fourth-order valence-electron chi connectivity index (χ4n) is 2.27. The van der Waals surface area contributed by atoms with E-state index in [1.54, 1.807) is 0 Å². The monoisotopic (exact) mass is 239 g/mol. The Balaban J connectivity index is 1.98. The van der Waals surface area contributed by atoms with Crippen molar-refractivity contribution >= 4 is 11.6 Å². The highest BCUT2D eigenvalue weighted by Crippen LogP contribution is 2.33. The predicted octanol–water partition coefficient (Wildman–Crippen LogP) is 3.13. The van der Waals surface area contributed by atoms with Crippen LogP contribution in [0.1, 0.15) is 31.2 Å². The van der Waals surface area contributed by atoms with Crippen LogP contribution in [0.15, 0.2) is 24.3 Å². The van der Waals surface area contributed by atoms with E-state index in [2.05, 4.69) is 0 Å². The van der Waals surface area contributed by atoms with Gasteiger partial charge in [-0.05, 0) is 24.5 Å². The number of rotatable bonds is 4. The van der Waals surface area contributed by atoms with E-state index in [1.807, 2.05) is 24.3 Å². The zero-order valence-electron chi connectivity index (χ0n) is 9.42. The Morgan fingerprint density at radius 2 is 1.94 bits per heavy atom. The minimum absolute atomic E-state index is 0.0980. The van der Waals surface area contributed by atoms with Crippen molar-refractivity contribution in [1.82, 2.24) is 0 Å². The third-order valence-corrected chi connectivity index (χ3v) is 3.75. The minimum atomic E-state index is -0.0980. The van der Waals surface area contributed by atoms with Gasteiger partial charge in [-0.3, -0.25) is 0 Å². The van der Waals surface area contributed by atoms with Crippen molar-refractivity contribution in [2.24, 2.45) is 5.73 Å². The van der Waals surface area contributed by atoms with Gasteiger partial charge in [-0.2, -0.15) is 0 Å². The number of hydrogen-bond acceptors (Lipinski definition) is 2. The average Bonchev–Trinajstić information content (AvgIpc) is 2.78. The van der Waals surface area contributed by atoms with Gasteiger partial charge in [-0.15, -0.1) is 0 Å². The molecule has 16 heavy (non-hydrogen) atoms. The Bertz CT molecular complexity index is 348. The molecule has 1 aromatic carbocycles. The average molecular weight is 240 g/mol. The fraction of sp³-hybridized carbons (Fsp3) is 0.538. The first kappa shape index (κ1) is 11.9. The Labute approximate surface area is 102 Å². The maximum atomic E-state index is 6.09. The highest BCUT2D eigenvalue weighted by molar-refractivity contribution is 6.31. The first-order valence-corrected chi connectivity index (χ1v) is 6.21. The van der Waals surface area contributed by atoms with E-state index in [0.29, 0.717) is 13.2 Å². The molecule has 0 radical (unpaired) electrons. The minimum Gasteiger partial charge on any atom is -0.369 e. The molecule has 1 saturated carbocycles. The molecular weight excluding hydrogens is 222 g/mol. The summed E-state index contributed by atoms with van der Waals surface area (Å²) < 4.78 is 6.00. The highest BCUT2D eigenvalue weighted by atomic mass is 35.5. The van der Waals surface area contributed by atoms with Gasteiger partial charge in [0.25, 0.3) is 0 Å². The van der Waals surface area contributed by atoms with E-state index in [9.17, 15) is 0 Å². The van der Waals surface area contributed by atoms with Crippen LogP contribution < -0.4 is 5.73 Å². The summed E-state index contributed by atoms with van der Waals surface area (Å²) in [6.45, 7) is 1.17. The van der Waals surface area contributed by atoms with Crippen molar-refractivity contribution in [3.05, 3.63) is 34.9 Å². The number of benzene rings is 1. The Kier molecular flexibility index (Phi) is 3.85. The number of nitrogens with two attached hydrogens (primary N) is 1. The zero-order chi connectivity index (χ0) is 11.4. The molecule has 1 aliphatic rings. The van der Waals surface area contributed by atoms with E-state index >= 15 is 0 Å². The summed E-state index contributed by atoms with van der Waals surface area (Å²) in [6.07, 6.45) is 4.60. The molecule has 1 aliphatic carbocycles. The van der Waals surface area contributed by atoms with Crippen molar-refractivity contribution in [2.75, 3.05) is 6.54 Å². The van der Waals surface area contributed by atoms with E-state index in [4.69, 9.17) is 22.1 Å². The topological polar surface area (TPSA) is 35.2 Å². The second-order valence-electron chi connectivity index (χ2n) is 4.47. The Morgan fingerprint density at radius 1 is 1.25 bits per heavy atom. The summed E-state index contributed by atoms with van der Waals surface area (Å²) in [5.74, 6) is 0. The van der Waals surface area contributed by atoms with Crippen molar-refractivity contribution in [3.8, 4) is 0 Å². The van der Waals surface area contributed by atoms with Crippen LogP contribution in [0.4, 0.5) is 0 Å². The van der Waals surface area contributed by atoms with E-state index in [0.717, 1.165) is 23.4 Å². The van der Waals surface area contributed by atoms with Crippen LogP contribution >= 0.6 is 11.6 Å². The van der Waals surface area contributed by atoms with Crippen molar-refractivity contribution < 1.29 is 4.74 Å². The molecule has 1 fully saturated rings. The first-order chi connectivity index (χ1) is 7.76. The lowest BCUT2D eigenvalue weighted by atomic mass is 10.0. The van der Waals surface area contributed by atoms with Crippen LogP contribution in [0, 0.1) is 0 Å². The number of hydrogen-bond donors (Lipinski definition) is 1. The molecule has 2 rings (SSSR count). The Hall–Kier alpha value is -0.570. The summed E-state index contributed by atoms with van der Waals surface area (Å²) in [5, 5.41) is 0.771. The SMILES string of the molecule is NCC1(OCc2ccccc2Cl)CCCC1. The van der Waals surface area contributed by atoms with Gasteiger partial charge in [0, 0.05) is 11.6 Å². The van der Waals surface area contributed by atoms with Crippen LogP contribution in [0.5, 0.6) is 0 Å². The van der Waals surface area contributed by atoms with Crippen molar-refractivity contribution in [3.63, 3.8) is 0 Å². The third-order valence-electron chi connectivity index (χ3n) is 3.38. The van der Waals surface area contributed by atoms with Gasteiger partial charge in [-0.1, -0.05) is 42.6 Å². The molecule has 0 bridgehead atoms. The fourth-order valence-corrected chi connectivity index (χ4v) is 2.46. The third kappa shape index (κ3) is 2.57. The molecule has 0 heterocycles. The standard InChI is InChI=1S/C13H18ClNO/c14-12-6-2-1-5-11(12)9-16-13(10-15)7-3-4-8-13/h1-2,5-6H,3-4,7-10,15H2. The molecule has 0 amide bonds. The molecule has 0 atom stereocenters. The lowest BCUT2D eigenvalue weighted by molar-refractivity contribution is -0.0448. The van der Waals surface area contributed by atoms with Gasteiger partial charge < -0.3 is 10.5 Å². The summed E-state index contributed by atoms with van der Waals surface area (Å²) in [4.78, 5) is 0. The molecule has 88 valence electrons. The van der Waals surface area contributed by atoms with Crippen LogP contribution in [0.2, 0.25) is 5.02 Å². The van der Waals surface area contributed by atoms with E-state index < -0.39 is 0 Å². The summed E-state index contributed by atoms with van der Waals surface area (Å²) in [6, 6.07) is 7.81. The number of halogens is 1. The lowest BCUT2D eigenvalue weighted by Crippen LogP contribution is -2.37. The van der Waals surface area contributed by atoms with Gasteiger partial charge in [-0.25, -0.2) is 0 Å². The summed E-state index contributed by atoms with van der Waals surface area (Å²) in [7, 11) is 0. The van der Waals surface area contributed by atoms with Crippen molar-refractivity contribution in [1.29, 1.82) is 0 Å². The van der Waals surface area contributed by atoms with Crippen LogP contribution in [-0.4, -0.2) is 12.1 Å². The smallest absolute Gasteiger partial charge is 0.0808 e. The quantitative estimate of drug-likeness (QED) is 0.876. The van der Waals surface area contributed by atoms with Gasteiger partial charge in [0.1, 0.15) is 0 Å². The second kappa shape index (κ2) is 5.17. The molecule has 0 aliphatic heterocycles. The van der Waals surface area contributed by atoms with Gasteiger partial charge in [0.2, 0.25) is 0 Å². The molecule has 3 heteroatoms. The van der Waals surface area contributed by atoms with Gasteiger partial charge >= 0.3 is 0 Å². The van der Waals surface area contributed by atoms with Gasteiger partial charge in [0.15, 0.2) is 0 Å². The summed E-state index contributed by atoms with van der Waals surface area (Å²) in [5.41, 5.74) is 6.76. The molecule has 0 saturated heterocycles. The molecule has 0 spiro atoms. The zero-order valence-corrected chi connectivity index (χ0v) is 10.2. The van der Waals surface area contributed by atoms with Crippen LogP contribution in [0.3, 0.4) is 0 Å².